The number of carbonyl (C=O) groups excluding carboxylic acids is 1. The number of rotatable bonds is 10. The number of benzene rings is 2. The molecule has 0 bridgehead atoms. The zero-order valence-electron chi connectivity index (χ0n) is 23.8. The first-order valence-electron chi connectivity index (χ1n) is 13.5. The Kier molecular flexibility index (Phi) is 10.5. The molecule has 0 atom stereocenters. The van der Waals surface area contributed by atoms with E-state index in [-0.39, 0.29) is 52.6 Å². The highest BCUT2D eigenvalue weighted by molar-refractivity contribution is 7.91. The van der Waals surface area contributed by atoms with E-state index in [1.165, 1.54) is 0 Å². The number of alkyl halides is 3. The summed E-state index contributed by atoms with van der Waals surface area (Å²) in [5.41, 5.74) is 0.507. The molecule has 1 fully saturated rings. The number of anilines is 2. The third-order valence-corrected chi connectivity index (χ3v) is 11.0. The molecular formula is C28H29F4N3O7S3. The number of aliphatic hydroxyl groups is 1. The van der Waals surface area contributed by atoms with Gasteiger partial charge in [0.05, 0.1) is 52.0 Å². The van der Waals surface area contributed by atoms with E-state index in [1.54, 1.807) is 22.9 Å². The van der Waals surface area contributed by atoms with Crippen LogP contribution in [0.25, 0.3) is 10.1 Å². The molecule has 0 aliphatic carbocycles. The molecule has 2 aromatic carbocycles. The van der Waals surface area contributed by atoms with Crippen molar-refractivity contribution in [1.82, 2.24) is 4.72 Å². The van der Waals surface area contributed by atoms with Crippen LogP contribution in [0.2, 0.25) is 0 Å². The fourth-order valence-electron chi connectivity index (χ4n) is 4.68. The Morgan fingerprint density at radius 2 is 1.89 bits per heavy atom. The fraction of sp³-hybridized carbons (Fsp3) is 0.393. The largest absolute Gasteiger partial charge is 0.489 e. The van der Waals surface area contributed by atoms with E-state index in [0.29, 0.717) is 28.6 Å². The second-order valence-corrected chi connectivity index (χ2v) is 15.1. The lowest BCUT2D eigenvalue weighted by molar-refractivity contribution is -0.127. The van der Waals surface area contributed by atoms with Gasteiger partial charge >= 0.3 is 6.18 Å². The van der Waals surface area contributed by atoms with Gasteiger partial charge < -0.3 is 20.5 Å². The second-order valence-electron chi connectivity index (χ2n) is 10.1. The van der Waals surface area contributed by atoms with Crippen LogP contribution in [0.4, 0.5) is 28.9 Å². The number of fused-ring (bicyclic) bond motifs is 1. The minimum Gasteiger partial charge on any atom is -0.489 e. The van der Waals surface area contributed by atoms with E-state index < -0.39 is 55.7 Å². The molecule has 2 heterocycles. The first kappa shape index (κ1) is 34.3. The zero-order valence-corrected chi connectivity index (χ0v) is 26.2. The van der Waals surface area contributed by atoms with Gasteiger partial charge in [-0.05, 0) is 29.9 Å². The Balaban J connectivity index is 1.62. The van der Waals surface area contributed by atoms with E-state index in [0.717, 1.165) is 30.4 Å². The maximum atomic E-state index is 14.8. The van der Waals surface area contributed by atoms with Crippen LogP contribution in [-0.2, 0) is 31.1 Å². The topological polar surface area (TPSA) is 151 Å². The molecule has 10 nitrogen and oxygen atoms in total. The summed E-state index contributed by atoms with van der Waals surface area (Å²) < 4.78 is 111. The Labute approximate surface area is 261 Å². The lowest BCUT2D eigenvalue weighted by atomic mass is 10.1. The summed E-state index contributed by atoms with van der Waals surface area (Å²) in [4.78, 5) is 10.5. The lowest BCUT2D eigenvalue weighted by Crippen LogP contribution is -2.32. The SMILES string of the molecule is CC(=O)NS(=O)(=O)c1cc(OCCO)c(NCC#Cc2sc3c(NC4CCS(=O)(=O)CC4)cccc3c2CC(F)(F)F)cc1F. The smallest absolute Gasteiger partial charge is 0.393 e. The minimum absolute atomic E-state index is 0.0181. The van der Waals surface area contributed by atoms with Gasteiger partial charge in [0.2, 0.25) is 5.91 Å². The predicted octanol–water partition coefficient (Wildman–Crippen LogP) is 3.79. The molecule has 4 N–H and O–H groups in total. The van der Waals surface area contributed by atoms with E-state index in [1.807, 2.05) is 0 Å². The van der Waals surface area contributed by atoms with Crippen LogP contribution in [-0.4, -0.2) is 71.3 Å². The van der Waals surface area contributed by atoms with Crippen molar-refractivity contribution in [3.05, 3.63) is 46.6 Å². The number of ether oxygens (including phenoxy) is 1. The van der Waals surface area contributed by atoms with Crippen molar-refractivity contribution in [3.63, 3.8) is 0 Å². The van der Waals surface area contributed by atoms with E-state index in [2.05, 4.69) is 22.5 Å². The molecule has 45 heavy (non-hydrogen) atoms. The van der Waals surface area contributed by atoms with Crippen LogP contribution in [0.3, 0.4) is 0 Å². The number of sulfonamides is 1. The number of thiophene rings is 1. The van der Waals surface area contributed by atoms with Gasteiger partial charge in [-0.2, -0.15) is 13.2 Å². The van der Waals surface area contributed by atoms with Gasteiger partial charge in [0.25, 0.3) is 10.0 Å². The van der Waals surface area contributed by atoms with Crippen molar-refractivity contribution in [3.8, 4) is 17.6 Å². The third-order valence-electron chi connectivity index (χ3n) is 6.63. The highest BCUT2D eigenvalue weighted by Crippen LogP contribution is 2.39. The summed E-state index contributed by atoms with van der Waals surface area (Å²) in [6, 6.07) is 6.37. The molecule has 1 aliphatic heterocycles. The maximum Gasteiger partial charge on any atom is 0.393 e. The van der Waals surface area contributed by atoms with Crippen molar-refractivity contribution < 1.29 is 49.0 Å². The van der Waals surface area contributed by atoms with Gasteiger partial charge in [0.1, 0.15) is 32.9 Å². The molecule has 4 rings (SSSR count). The standard InChI is InChI=1S/C28H29F4N3O7S3/c1-17(37)35-45(40,41)26-15-24(42-11-10-36)23(14-21(26)29)33-9-3-6-25-20(16-28(30,31)32)19-4-2-5-22(27(19)43-25)34-18-7-12-44(38,39)13-8-18/h2,4-5,14-15,18,33-34,36H,7-13,16H2,1H3,(H,35,37). The Morgan fingerprint density at radius 3 is 2.53 bits per heavy atom. The van der Waals surface area contributed by atoms with Crippen LogP contribution in [0.1, 0.15) is 30.2 Å². The molecule has 1 aliphatic rings. The van der Waals surface area contributed by atoms with Crippen molar-refractivity contribution in [1.29, 1.82) is 0 Å². The Bertz CT molecular complexity index is 1850. The van der Waals surface area contributed by atoms with Crippen molar-refractivity contribution in [2.45, 2.75) is 43.3 Å². The van der Waals surface area contributed by atoms with Crippen LogP contribution in [0.5, 0.6) is 5.75 Å². The van der Waals surface area contributed by atoms with Crippen LogP contribution >= 0.6 is 11.3 Å². The number of nitrogens with one attached hydrogen (secondary N) is 3. The summed E-state index contributed by atoms with van der Waals surface area (Å²) in [5.74, 6) is 3.18. The average molecular weight is 692 g/mol. The Morgan fingerprint density at radius 1 is 1.18 bits per heavy atom. The number of carbonyl (C=O) groups is 1. The fourth-order valence-corrected chi connectivity index (χ4v) is 8.41. The number of hydrogen-bond donors (Lipinski definition) is 4. The summed E-state index contributed by atoms with van der Waals surface area (Å²) in [6.45, 7) is -0.00311. The zero-order chi connectivity index (χ0) is 33.0. The van der Waals surface area contributed by atoms with Gasteiger partial charge in [-0.25, -0.2) is 25.9 Å². The monoisotopic (exact) mass is 691 g/mol. The van der Waals surface area contributed by atoms with Gasteiger partial charge in [0, 0.05) is 25.1 Å². The number of amides is 1. The highest BCUT2D eigenvalue weighted by atomic mass is 32.2. The van der Waals surface area contributed by atoms with Crippen LogP contribution < -0.4 is 20.1 Å². The van der Waals surface area contributed by atoms with Crippen LogP contribution in [0.15, 0.2) is 35.2 Å². The molecule has 3 aromatic rings. The summed E-state index contributed by atoms with van der Waals surface area (Å²) in [5, 5.41) is 15.5. The van der Waals surface area contributed by atoms with Gasteiger partial charge in [-0.15, -0.1) is 11.3 Å². The molecule has 0 spiro atoms. The predicted molar refractivity (Wildman–Crippen MR) is 162 cm³/mol. The van der Waals surface area contributed by atoms with E-state index in [9.17, 15) is 39.2 Å². The second kappa shape index (κ2) is 13.8. The molecule has 0 radical (unpaired) electrons. The number of hydrogen-bond acceptors (Lipinski definition) is 10. The van der Waals surface area contributed by atoms with Crippen molar-refractivity contribution in [2.24, 2.45) is 0 Å². The first-order valence-corrected chi connectivity index (χ1v) is 17.6. The maximum absolute atomic E-state index is 14.8. The summed E-state index contributed by atoms with van der Waals surface area (Å²) in [6.07, 6.45) is -5.00. The molecule has 1 aromatic heterocycles. The third kappa shape index (κ3) is 9.00. The van der Waals surface area contributed by atoms with Crippen LogP contribution in [0, 0.1) is 17.7 Å². The number of aliphatic hydroxyl groups excluding tert-OH is 1. The molecule has 0 saturated carbocycles. The molecule has 17 heteroatoms. The normalized spacial score (nSPS) is 15.2. The van der Waals surface area contributed by atoms with Crippen molar-refractivity contribution >= 4 is 58.6 Å². The molecular weight excluding hydrogens is 663 g/mol. The molecule has 0 unspecified atom stereocenters. The quantitative estimate of drug-likeness (QED) is 0.184. The number of halogens is 4. The van der Waals surface area contributed by atoms with Gasteiger partial charge in [-0.3, -0.25) is 4.79 Å². The number of sulfone groups is 1. The minimum atomic E-state index is -4.56. The molecule has 1 saturated heterocycles. The molecule has 244 valence electrons. The van der Waals surface area contributed by atoms with Gasteiger partial charge in [-0.1, -0.05) is 24.0 Å². The van der Waals surface area contributed by atoms with Gasteiger partial charge in [0.15, 0.2) is 0 Å². The Hall–Kier alpha value is -3.59. The van der Waals surface area contributed by atoms with Crippen molar-refractivity contribution in [2.75, 3.05) is 41.9 Å². The summed E-state index contributed by atoms with van der Waals surface area (Å²) >= 11 is 1.06. The molecule has 1 amide bonds. The lowest BCUT2D eigenvalue weighted by Gasteiger charge is -2.24. The highest BCUT2D eigenvalue weighted by Gasteiger charge is 2.31. The average Bonchev–Trinajstić information content (AvgIpc) is 3.27. The first-order chi connectivity index (χ1) is 21.1. The summed E-state index contributed by atoms with van der Waals surface area (Å²) in [7, 11) is -7.66. The van der Waals surface area contributed by atoms with E-state index >= 15 is 0 Å². The van der Waals surface area contributed by atoms with E-state index in [4.69, 9.17) is 9.84 Å².